The zero-order chi connectivity index (χ0) is 34.8. The van der Waals surface area contributed by atoms with Crippen molar-refractivity contribution in [3.8, 4) is 16.8 Å². The van der Waals surface area contributed by atoms with E-state index in [1.165, 1.54) is 27.2 Å². The number of carbonyl (C=O) groups is 1. The minimum absolute atomic E-state index is 0.00360. The van der Waals surface area contributed by atoms with Crippen molar-refractivity contribution in [2.45, 2.75) is 58.0 Å². The third-order valence-corrected chi connectivity index (χ3v) is 10.3. The molecule has 10 heteroatoms. The Hall–Kier alpha value is -4.80. The molecule has 0 radical (unpaired) electrons. The molecule has 1 aliphatic carbocycles. The molecule has 258 valence electrons. The highest BCUT2D eigenvalue weighted by Gasteiger charge is 2.29. The molecule has 0 bridgehead atoms. The average molecular weight is 675 g/mol. The largest absolute Gasteiger partial charge is 0.337 e. The molecule has 3 aromatic heterocycles. The molecule has 50 heavy (non-hydrogen) atoms. The molecule has 4 heterocycles. The van der Waals surface area contributed by atoms with E-state index in [1.807, 2.05) is 43.3 Å². The lowest BCUT2D eigenvalue weighted by Crippen LogP contribution is -2.43. The smallest absolute Gasteiger partial charge is 0.305 e. The van der Waals surface area contributed by atoms with Crippen LogP contribution in [0.3, 0.4) is 0 Å². The van der Waals surface area contributed by atoms with Gasteiger partial charge in [-0.1, -0.05) is 42.5 Å². The number of pyridine rings is 2. The maximum atomic E-state index is 14.5. The summed E-state index contributed by atoms with van der Waals surface area (Å²) in [5, 5.41) is 0.0573. The second-order valence-corrected chi connectivity index (χ2v) is 14.0. The molecule has 0 unspecified atom stereocenters. The lowest BCUT2D eigenvalue weighted by Gasteiger charge is -2.29. The second-order valence-electron chi connectivity index (χ2n) is 14.0. The first kappa shape index (κ1) is 33.7. The molecule has 2 fully saturated rings. The van der Waals surface area contributed by atoms with Gasteiger partial charge in [-0.3, -0.25) is 24.0 Å². The number of halogens is 1. The molecule has 0 spiro atoms. The maximum Gasteiger partial charge on any atom is 0.337 e. The topological polar surface area (TPSA) is 93.3 Å². The van der Waals surface area contributed by atoms with Crippen molar-refractivity contribution in [1.82, 2.24) is 28.9 Å². The lowest BCUT2D eigenvalue weighted by molar-refractivity contribution is 0.0938. The van der Waals surface area contributed by atoms with Crippen LogP contribution in [0.1, 0.15) is 66.3 Å². The predicted molar refractivity (Wildman–Crippen MR) is 193 cm³/mol. The summed E-state index contributed by atoms with van der Waals surface area (Å²) >= 11 is 0. The molecule has 0 atom stereocenters. The van der Waals surface area contributed by atoms with Crippen LogP contribution < -0.4 is 11.2 Å². The van der Waals surface area contributed by atoms with Gasteiger partial charge in [0, 0.05) is 37.8 Å². The first-order valence-corrected chi connectivity index (χ1v) is 17.6. The van der Waals surface area contributed by atoms with E-state index in [-0.39, 0.29) is 28.8 Å². The Morgan fingerprint density at radius 1 is 0.880 bits per heavy atom. The summed E-state index contributed by atoms with van der Waals surface area (Å²) in [6, 6.07) is 22.4. The number of hydrogen-bond acceptors (Lipinski definition) is 7. The van der Waals surface area contributed by atoms with Crippen LogP contribution in [0.15, 0.2) is 88.6 Å². The minimum atomic E-state index is -0.639. The Morgan fingerprint density at radius 2 is 1.66 bits per heavy atom. The predicted octanol–water partition coefficient (Wildman–Crippen LogP) is 6.20. The van der Waals surface area contributed by atoms with E-state index < -0.39 is 17.1 Å². The number of fused-ring (bicyclic) bond motifs is 1. The van der Waals surface area contributed by atoms with Crippen LogP contribution >= 0.6 is 0 Å². The summed E-state index contributed by atoms with van der Waals surface area (Å²) in [7, 11) is 2.17. The van der Waals surface area contributed by atoms with Crippen LogP contribution in [0.2, 0.25) is 0 Å². The van der Waals surface area contributed by atoms with Gasteiger partial charge < -0.3 is 4.90 Å². The number of aromatic nitrogens is 4. The van der Waals surface area contributed by atoms with E-state index in [2.05, 4.69) is 51.1 Å². The van der Waals surface area contributed by atoms with Gasteiger partial charge in [0.25, 0.3) is 5.56 Å². The summed E-state index contributed by atoms with van der Waals surface area (Å²) in [6.45, 7) is 7.11. The average Bonchev–Trinajstić information content (AvgIpc) is 3.33. The van der Waals surface area contributed by atoms with Gasteiger partial charge in [-0.05, 0) is 112 Å². The van der Waals surface area contributed by atoms with Crippen LogP contribution in [-0.4, -0.2) is 67.9 Å². The Labute approximate surface area is 291 Å². The van der Waals surface area contributed by atoms with Gasteiger partial charge >= 0.3 is 5.69 Å². The normalized spacial score (nSPS) is 19.0. The molecule has 5 aromatic rings. The molecular weight excluding hydrogens is 631 g/mol. The molecule has 0 N–H and O–H groups in total. The van der Waals surface area contributed by atoms with Crippen molar-refractivity contribution in [2.75, 3.05) is 33.2 Å². The van der Waals surface area contributed by atoms with Gasteiger partial charge in [0.05, 0.1) is 17.3 Å². The number of benzene rings is 2. The van der Waals surface area contributed by atoms with E-state index in [9.17, 15) is 18.8 Å². The summed E-state index contributed by atoms with van der Waals surface area (Å²) in [5.74, 6) is -0.504. The van der Waals surface area contributed by atoms with Gasteiger partial charge in [0.2, 0.25) is 0 Å². The van der Waals surface area contributed by atoms with Crippen LogP contribution in [-0.2, 0) is 6.54 Å². The van der Waals surface area contributed by atoms with E-state index in [1.54, 1.807) is 6.07 Å². The maximum absolute atomic E-state index is 14.5. The Morgan fingerprint density at radius 3 is 2.44 bits per heavy atom. The number of Topliss-reactive ketones (excluding diaryl/α,β-unsaturated/α-hetero) is 1. The fraction of sp³-hybridized carbons (Fsp3) is 0.375. The van der Waals surface area contributed by atoms with Gasteiger partial charge in [0.15, 0.2) is 11.4 Å². The molecule has 2 aliphatic rings. The van der Waals surface area contributed by atoms with Crippen LogP contribution in [0.4, 0.5) is 4.39 Å². The summed E-state index contributed by atoms with van der Waals surface area (Å²) in [5.41, 5.74) is 4.07. The van der Waals surface area contributed by atoms with E-state index in [0.29, 0.717) is 43.5 Å². The molecule has 7 rings (SSSR count). The molecular formula is C40H43FN6O3. The Balaban J connectivity index is 1.15. The molecule has 2 aromatic carbocycles. The van der Waals surface area contributed by atoms with E-state index >= 15 is 0 Å². The van der Waals surface area contributed by atoms with Crippen molar-refractivity contribution in [3.63, 3.8) is 0 Å². The molecule has 0 amide bonds. The first-order valence-electron chi connectivity index (χ1n) is 17.6. The zero-order valence-corrected chi connectivity index (χ0v) is 28.7. The number of ketones is 1. The van der Waals surface area contributed by atoms with Crippen LogP contribution in [0.5, 0.6) is 0 Å². The highest BCUT2D eigenvalue weighted by molar-refractivity contribution is 5.94. The van der Waals surface area contributed by atoms with Gasteiger partial charge in [0.1, 0.15) is 11.5 Å². The van der Waals surface area contributed by atoms with Gasteiger partial charge in [-0.15, -0.1) is 0 Å². The van der Waals surface area contributed by atoms with Crippen molar-refractivity contribution in [1.29, 1.82) is 0 Å². The fourth-order valence-electron chi connectivity index (χ4n) is 7.55. The van der Waals surface area contributed by atoms with Gasteiger partial charge in [-0.25, -0.2) is 18.7 Å². The Bertz CT molecular complexity index is 2130. The fourth-order valence-corrected chi connectivity index (χ4v) is 7.55. The monoisotopic (exact) mass is 674 g/mol. The minimum Gasteiger partial charge on any atom is -0.305 e. The number of aryl methyl sites for hydroxylation is 1. The van der Waals surface area contributed by atoms with Crippen molar-refractivity contribution < 1.29 is 9.18 Å². The standard InChI is InChI=1S/C40H43FN6O3/c1-27-6-3-9-36(43-27)37(48)22-28-12-16-33(17-13-28)47-39(49)35-24-32(41)25-42-38(35)46(40(47)50)34-8-4-7-31(23-34)30-14-10-29(11-15-30)26-45-19-5-18-44(2)20-21-45/h3-4,6-11,14-15,23-25,28,33H,5,12-13,16-22,26H2,1-2H3. The number of hydrogen-bond donors (Lipinski definition) is 0. The highest BCUT2D eigenvalue weighted by Crippen LogP contribution is 2.34. The van der Waals surface area contributed by atoms with Crippen molar-refractivity contribution >= 4 is 16.8 Å². The number of rotatable bonds is 8. The highest BCUT2D eigenvalue weighted by atomic mass is 19.1. The summed E-state index contributed by atoms with van der Waals surface area (Å²) < 4.78 is 17.2. The Kier molecular flexibility index (Phi) is 9.83. The summed E-state index contributed by atoms with van der Waals surface area (Å²) in [6.07, 6.45) is 5.07. The third-order valence-electron chi connectivity index (χ3n) is 10.3. The lowest BCUT2D eigenvalue weighted by atomic mass is 9.82. The van der Waals surface area contributed by atoms with Crippen LogP contribution in [0.25, 0.3) is 27.8 Å². The summed E-state index contributed by atoms with van der Waals surface area (Å²) in [4.78, 5) is 54.6. The molecule has 1 saturated heterocycles. The number of carbonyl (C=O) groups excluding carboxylic acids is 1. The molecule has 1 aliphatic heterocycles. The van der Waals surface area contributed by atoms with Crippen molar-refractivity contribution in [3.05, 3.63) is 123 Å². The zero-order valence-electron chi connectivity index (χ0n) is 28.7. The van der Waals surface area contributed by atoms with E-state index in [0.717, 1.165) is 55.7 Å². The second kappa shape index (κ2) is 14.6. The van der Waals surface area contributed by atoms with Crippen LogP contribution in [0, 0.1) is 18.7 Å². The molecule has 1 saturated carbocycles. The number of nitrogens with zero attached hydrogens (tertiary/aromatic N) is 6. The quantitative estimate of drug-likeness (QED) is 0.181. The van der Waals surface area contributed by atoms with Crippen molar-refractivity contribution in [2.24, 2.45) is 5.92 Å². The number of likely N-dealkylation sites (N-methyl/N-ethyl adjacent to an activating group) is 1. The molecule has 9 nitrogen and oxygen atoms in total. The van der Waals surface area contributed by atoms with E-state index in [4.69, 9.17) is 0 Å². The third kappa shape index (κ3) is 7.22. The first-order chi connectivity index (χ1) is 24.2. The van der Waals surface area contributed by atoms with Gasteiger partial charge in [-0.2, -0.15) is 0 Å². The SMILES string of the molecule is Cc1cccc(C(=O)CC2CCC(n3c(=O)c4cc(F)cnc4n(-c4cccc(-c5ccc(CN6CCCN(C)CC6)cc5)c4)c3=O)CC2)n1.